The second kappa shape index (κ2) is 7.84. The van der Waals surface area contributed by atoms with Crippen LogP contribution in [-0.2, 0) is 0 Å². The predicted octanol–water partition coefficient (Wildman–Crippen LogP) is 4.34. The van der Waals surface area contributed by atoms with Crippen molar-refractivity contribution in [2.45, 2.75) is 20.3 Å². The normalized spacial score (nSPS) is 10.6. The van der Waals surface area contributed by atoms with E-state index in [2.05, 4.69) is 34.4 Å². The van der Waals surface area contributed by atoms with Crippen LogP contribution in [0.15, 0.2) is 30.5 Å². The van der Waals surface area contributed by atoms with Crippen LogP contribution in [0.25, 0.3) is 0 Å². The third kappa shape index (κ3) is 4.77. The number of hydrogen-bond donors (Lipinski definition) is 2. The molecule has 6 heteroatoms. The fourth-order valence-electron chi connectivity index (χ4n) is 1.88. The average molecular weight is 321 g/mol. The Labute approximate surface area is 136 Å². The highest BCUT2D eigenvalue weighted by Crippen LogP contribution is 2.28. The van der Waals surface area contributed by atoms with E-state index >= 15 is 0 Å². The minimum Gasteiger partial charge on any atom is -0.495 e. The Morgan fingerprint density at radius 3 is 2.77 bits per heavy atom. The molecule has 0 aliphatic carbocycles. The molecule has 0 fully saturated rings. The molecule has 22 heavy (non-hydrogen) atoms. The first-order valence-corrected chi connectivity index (χ1v) is 7.63. The van der Waals surface area contributed by atoms with Crippen LogP contribution in [-0.4, -0.2) is 23.6 Å². The Morgan fingerprint density at radius 2 is 2.09 bits per heavy atom. The summed E-state index contributed by atoms with van der Waals surface area (Å²) < 4.78 is 5.14. The first-order chi connectivity index (χ1) is 10.6. The Bertz CT molecular complexity index is 619. The van der Waals surface area contributed by atoms with Crippen molar-refractivity contribution < 1.29 is 4.74 Å². The second-order valence-electron chi connectivity index (χ2n) is 5.35. The molecule has 2 N–H and O–H groups in total. The van der Waals surface area contributed by atoms with Crippen molar-refractivity contribution in [3.63, 3.8) is 0 Å². The SMILES string of the molecule is COc1ccc(Nc2ccnc(NCCC(C)C)n2)cc1Cl. The summed E-state index contributed by atoms with van der Waals surface area (Å²) in [5.74, 6) is 2.62. The summed E-state index contributed by atoms with van der Waals surface area (Å²) in [4.78, 5) is 8.64. The van der Waals surface area contributed by atoms with Gasteiger partial charge in [-0.15, -0.1) is 0 Å². The molecule has 2 rings (SSSR count). The Kier molecular flexibility index (Phi) is 5.83. The minimum atomic E-state index is 0.553. The number of rotatable bonds is 7. The number of methoxy groups -OCH3 is 1. The average Bonchev–Trinajstić information content (AvgIpc) is 2.47. The lowest BCUT2D eigenvalue weighted by atomic mass is 10.1. The molecule has 0 aliphatic heterocycles. The highest BCUT2D eigenvalue weighted by molar-refractivity contribution is 6.32. The molecular weight excluding hydrogens is 300 g/mol. The molecule has 5 nitrogen and oxygen atoms in total. The molecule has 0 saturated heterocycles. The molecular formula is C16H21ClN4O. The lowest BCUT2D eigenvalue weighted by molar-refractivity contribution is 0.415. The number of nitrogens with one attached hydrogen (secondary N) is 2. The summed E-state index contributed by atoms with van der Waals surface area (Å²) in [6, 6.07) is 7.31. The van der Waals surface area contributed by atoms with Gasteiger partial charge in [0.15, 0.2) is 0 Å². The van der Waals surface area contributed by atoms with Crippen LogP contribution >= 0.6 is 11.6 Å². The quantitative estimate of drug-likeness (QED) is 0.794. The molecule has 0 unspecified atom stereocenters. The first-order valence-electron chi connectivity index (χ1n) is 7.26. The van der Waals surface area contributed by atoms with E-state index in [0.717, 1.165) is 18.7 Å². The van der Waals surface area contributed by atoms with Gasteiger partial charge in [0, 0.05) is 18.4 Å². The molecule has 1 aromatic carbocycles. The topological polar surface area (TPSA) is 59.1 Å². The number of hydrogen-bond acceptors (Lipinski definition) is 5. The zero-order valence-electron chi connectivity index (χ0n) is 13.1. The van der Waals surface area contributed by atoms with Gasteiger partial charge < -0.3 is 15.4 Å². The van der Waals surface area contributed by atoms with Gasteiger partial charge in [0.25, 0.3) is 0 Å². The van der Waals surface area contributed by atoms with Crippen molar-refractivity contribution in [2.75, 3.05) is 24.3 Å². The Balaban J connectivity index is 2.02. The minimum absolute atomic E-state index is 0.553. The summed E-state index contributed by atoms with van der Waals surface area (Å²) >= 11 is 6.12. The van der Waals surface area contributed by atoms with Crippen molar-refractivity contribution in [2.24, 2.45) is 5.92 Å². The summed E-state index contributed by atoms with van der Waals surface area (Å²) in [5.41, 5.74) is 0.845. The zero-order valence-corrected chi connectivity index (χ0v) is 13.8. The molecule has 1 heterocycles. The van der Waals surface area contributed by atoms with Crippen LogP contribution in [0.5, 0.6) is 5.75 Å². The largest absolute Gasteiger partial charge is 0.495 e. The maximum Gasteiger partial charge on any atom is 0.224 e. The lowest BCUT2D eigenvalue weighted by Gasteiger charge is -2.10. The van der Waals surface area contributed by atoms with E-state index in [0.29, 0.717) is 28.5 Å². The zero-order chi connectivity index (χ0) is 15.9. The van der Waals surface area contributed by atoms with Crippen molar-refractivity contribution in [1.29, 1.82) is 0 Å². The predicted molar refractivity (Wildman–Crippen MR) is 91.3 cm³/mol. The maximum absolute atomic E-state index is 6.12. The van der Waals surface area contributed by atoms with Crippen LogP contribution in [0.4, 0.5) is 17.5 Å². The van der Waals surface area contributed by atoms with Gasteiger partial charge in [-0.25, -0.2) is 4.98 Å². The molecule has 1 aromatic heterocycles. The van der Waals surface area contributed by atoms with Crippen LogP contribution in [0.2, 0.25) is 5.02 Å². The number of aromatic nitrogens is 2. The van der Waals surface area contributed by atoms with Gasteiger partial charge in [-0.05, 0) is 36.6 Å². The number of halogens is 1. The van der Waals surface area contributed by atoms with E-state index in [1.54, 1.807) is 19.4 Å². The number of nitrogens with zero attached hydrogens (tertiary/aromatic N) is 2. The van der Waals surface area contributed by atoms with E-state index in [9.17, 15) is 0 Å². The third-order valence-corrected chi connectivity index (χ3v) is 3.38. The van der Waals surface area contributed by atoms with Crippen LogP contribution in [0, 0.1) is 5.92 Å². The standard InChI is InChI=1S/C16H21ClN4O/c1-11(2)6-8-18-16-19-9-7-15(21-16)20-12-4-5-14(22-3)13(17)10-12/h4-5,7,9-11H,6,8H2,1-3H3,(H2,18,19,20,21). The highest BCUT2D eigenvalue weighted by atomic mass is 35.5. The monoisotopic (exact) mass is 320 g/mol. The van der Waals surface area contributed by atoms with Crippen molar-refractivity contribution in [3.8, 4) is 5.75 Å². The van der Waals surface area contributed by atoms with Gasteiger partial charge >= 0.3 is 0 Å². The van der Waals surface area contributed by atoms with E-state index in [1.165, 1.54) is 0 Å². The molecule has 2 aromatic rings. The molecule has 0 bridgehead atoms. The molecule has 0 atom stereocenters. The Hall–Kier alpha value is -2.01. The summed E-state index contributed by atoms with van der Waals surface area (Å²) in [5, 5.41) is 6.98. The number of ether oxygens (including phenoxy) is 1. The van der Waals surface area contributed by atoms with Crippen LogP contribution < -0.4 is 15.4 Å². The van der Waals surface area contributed by atoms with Gasteiger partial charge in [-0.3, -0.25) is 0 Å². The summed E-state index contributed by atoms with van der Waals surface area (Å²) in [6.45, 7) is 5.23. The molecule has 0 radical (unpaired) electrons. The highest BCUT2D eigenvalue weighted by Gasteiger charge is 2.04. The van der Waals surface area contributed by atoms with E-state index in [-0.39, 0.29) is 0 Å². The summed E-state index contributed by atoms with van der Waals surface area (Å²) in [6.07, 6.45) is 2.80. The van der Waals surface area contributed by atoms with Gasteiger partial charge in [0.1, 0.15) is 11.6 Å². The first kappa shape index (κ1) is 16.4. The Morgan fingerprint density at radius 1 is 1.27 bits per heavy atom. The molecule has 0 spiro atoms. The smallest absolute Gasteiger partial charge is 0.224 e. The van der Waals surface area contributed by atoms with Crippen molar-refractivity contribution in [3.05, 3.63) is 35.5 Å². The second-order valence-corrected chi connectivity index (χ2v) is 5.76. The van der Waals surface area contributed by atoms with Gasteiger partial charge in [-0.1, -0.05) is 25.4 Å². The van der Waals surface area contributed by atoms with Crippen molar-refractivity contribution >= 4 is 29.1 Å². The number of benzene rings is 1. The van der Waals surface area contributed by atoms with Gasteiger partial charge in [0.05, 0.1) is 12.1 Å². The van der Waals surface area contributed by atoms with Crippen molar-refractivity contribution in [1.82, 2.24) is 9.97 Å². The molecule has 0 amide bonds. The van der Waals surface area contributed by atoms with E-state index in [4.69, 9.17) is 16.3 Å². The summed E-state index contributed by atoms with van der Waals surface area (Å²) in [7, 11) is 1.59. The fourth-order valence-corrected chi connectivity index (χ4v) is 2.14. The van der Waals surface area contributed by atoms with E-state index < -0.39 is 0 Å². The maximum atomic E-state index is 6.12. The molecule has 0 saturated carbocycles. The van der Waals surface area contributed by atoms with Gasteiger partial charge in [0.2, 0.25) is 5.95 Å². The number of anilines is 3. The molecule has 0 aliphatic rings. The van der Waals surface area contributed by atoms with Crippen LogP contribution in [0.1, 0.15) is 20.3 Å². The van der Waals surface area contributed by atoms with Gasteiger partial charge in [-0.2, -0.15) is 4.98 Å². The molecule has 118 valence electrons. The van der Waals surface area contributed by atoms with Crippen LogP contribution in [0.3, 0.4) is 0 Å². The lowest BCUT2D eigenvalue weighted by Crippen LogP contribution is -2.08. The van der Waals surface area contributed by atoms with E-state index in [1.807, 2.05) is 18.2 Å². The third-order valence-electron chi connectivity index (χ3n) is 3.08. The fraction of sp³-hybridized carbons (Fsp3) is 0.375.